The highest BCUT2D eigenvalue weighted by Crippen LogP contribution is 2.12. The molecule has 0 atom stereocenters. The summed E-state index contributed by atoms with van der Waals surface area (Å²) in [5.41, 5.74) is 1.33. The third-order valence-corrected chi connectivity index (χ3v) is 2.47. The van der Waals surface area contributed by atoms with Crippen LogP contribution in [0.15, 0.2) is 30.3 Å². The van der Waals surface area contributed by atoms with E-state index >= 15 is 0 Å². The maximum Gasteiger partial charge on any atom is 0.137 e. The molecule has 0 bridgehead atoms. The standard InChI is InChI=1S/C9H10N2S/c1-11-10-9(12-11)7-8-5-3-2-4-6-8/h2-6H,7H2,1H3. The highest BCUT2D eigenvalue weighted by molar-refractivity contribution is 7.06. The van der Waals surface area contributed by atoms with E-state index in [2.05, 4.69) is 29.4 Å². The number of hydrogen-bond acceptors (Lipinski definition) is 2. The molecule has 0 spiro atoms. The molecule has 3 heteroatoms. The van der Waals surface area contributed by atoms with Crippen LogP contribution in [0.25, 0.3) is 0 Å². The van der Waals surface area contributed by atoms with Gasteiger partial charge in [0.15, 0.2) is 0 Å². The lowest BCUT2D eigenvalue weighted by atomic mass is 10.2. The van der Waals surface area contributed by atoms with E-state index < -0.39 is 0 Å². The van der Waals surface area contributed by atoms with Crippen molar-refractivity contribution in [3.8, 4) is 0 Å². The van der Waals surface area contributed by atoms with E-state index in [1.807, 2.05) is 17.2 Å². The molecule has 2 aromatic rings. The van der Waals surface area contributed by atoms with Gasteiger partial charge in [0, 0.05) is 13.5 Å². The molecule has 0 N–H and O–H groups in total. The van der Waals surface area contributed by atoms with Crippen molar-refractivity contribution in [1.82, 2.24) is 9.17 Å². The Balaban J connectivity index is 2.07. The lowest BCUT2D eigenvalue weighted by Gasteiger charge is -2.05. The molecule has 2 nitrogen and oxygen atoms in total. The van der Waals surface area contributed by atoms with Gasteiger partial charge >= 0.3 is 0 Å². The van der Waals surface area contributed by atoms with Crippen LogP contribution in [0.4, 0.5) is 0 Å². The molecule has 0 saturated heterocycles. The summed E-state index contributed by atoms with van der Waals surface area (Å²) in [7, 11) is 1.96. The van der Waals surface area contributed by atoms with Gasteiger partial charge in [-0.3, -0.25) is 0 Å². The van der Waals surface area contributed by atoms with E-state index in [0.717, 1.165) is 6.42 Å². The Morgan fingerprint density at radius 1 is 1.33 bits per heavy atom. The number of nitrogens with zero attached hydrogens (tertiary/aromatic N) is 2. The summed E-state index contributed by atoms with van der Waals surface area (Å²) >= 11 is 1.71. The van der Waals surface area contributed by atoms with Crippen LogP contribution in [-0.2, 0) is 13.5 Å². The highest BCUT2D eigenvalue weighted by Gasteiger charge is 2.01. The molecule has 0 fully saturated rings. The zero-order chi connectivity index (χ0) is 8.39. The van der Waals surface area contributed by atoms with E-state index in [1.165, 1.54) is 10.6 Å². The first-order valence-electron chi connectivity index (χ1n) is 3.88. The van der Waals surface area contributed by atoms with Crippen LogP contribution >= 0.6 is 11.5 Å². The van der Waals surface area contributed by atoms with Crippen LogP contribution < -0.4 is 0 Å². The van der Waals surface area contributed by atoms with Gasteiger partial charge in [-0.1, -0.05) is 30.3 Å². The number of aromatic nitrogens is 2. The van der Waals surface area contributed by atoms with E-state index in [4.69, 9.17) is 0 Å². The van der Waals surface area contributed by atoms with Crippen LogP contribution in [0, 0.1) is 0 Å². The summed E-state index contributed by atoms with van der Waals surface area (Å²) in [4.78, 5) is 0. The monoisotopic (exact) mass is 178 g/mol. The molecule has 0 radical (unpaired) electrons. The van der Waals surface area contributed by atoms with Gasteiger partial charge in [-0.2, -0.15) is 5.10 Å². The second kappa shape index (κ2) is 3.11. The molecule has 2 rings (SSSR count). The Bertz CT molecular complexity index is 336. The topological polar surface area (TPSA) is 17.8 Å². The van der Waals surface area contributed by atoms with Crippen molar-refractivity contribution in [2.24, 2.45) is 7.05 Å². The lowest BCUT2D eigenvalue weighted by molar-refractivity contribution is 0.771. The first kappa shape index (κ1) is 7.55. The maximum atomic E-state index is 4.23. The molecule has 1 aromatic heterocycles. The van der Waals surface area contributed by atoms with E-state index in [0.29, 0.717) is 0 Å². The third kappa shape index (κ3) is 1.56. The summed E-state index contributed by atoms with van der Waals surface area (Å²) in [6.45, 7) is 0. The lowest BCUT2D eigenvalue weighted by Crippen LogP contribution is -2.04. The van der Waals surface area contributed by atoms with Gasteiger partial charge in [-0.15, -0.1) is 0 Å². The van der Waals surface area contributed by atoms with E-state index in [-0.39, 0.29) is 0 Å². The van der Waals surface area contributed by atoms with Crippen LogP contribution in [0.5, 0.6) is 0 Å². The second-order valence-corrected chi connectivity index (χ2v) is 3.89. The first-order chi connectivity index (χ1) is 5.84. The molecule has 0 aliphatic rings. The Morgan fingerprint density at radius 3 is 2.58 bits per heavy atom. The molecule has 0 aliphatic carbocycles. The third-order valence-electron chi connectivity index (χ3n) is 1.69. The van der Waals surface area contributed by atoms with Crippen molar-refractivity contribution in [3.05, 3.63) is 40.9 Å². The van der Waals surface area contributed by atoms with Crippen LogP contribution in [-0.4, -0.2) is 9.17 Å². The maximum absolute atomic E-state index is 4.23. The molecule has 0 saturated carbocycles. The largest absolute Gasteiger partial charge is 0.220 e. The average Bonchev–Trinajstić information content (AvgIpc) is 2.04. The normalized spacial score (nSPS) is 10.4. The summed E-state index contributed by atoms with van der Waals surface area (Å²) in [6, 6.07) is 10.4. The van der Waals surface area contributed by atoms with E-state index in [1.54, 1.807) is 11.5 Å². The Hall–Kier alpha value is -1.09. The molecule has 0 amide bonds. The fourth-order valence-electron chi connectivity index (χ4n) is 1.15. The zero-order valence-electron chi connectivity index (χ0n) is 6.90. The molecular formula is C9H10N2S. The highest BCUT2D eigenvalue weighted by atomic mass is 32.1. The van der Waals surface area contributed by atoms with Crippen LogP contribution in [0.1, 0.15) is 10.6 Å². The fourth-order valence-corrected chi connectivity index (χ4v) is 1.87. The summed E-state index contributed by atoms with van der Waals surface area (Å²) < 4.78 is 1.87. The second-order valence-electron chi connectivity index (χ2n) is 2.71. The number of hydrogen-bond donors (Lipinski definition) is 0. The predicted octanol–water partition coefficient (Wildman–Crippen LogP) is 2.07. The Labute approximate surface area is 75.6 Å². The van der Waals surface area contributed by atoms with Gasteiger partial charge in [0.1, 0.15) is 5.01 Å². The van der Waals surface area contributed by atoms with Gasteiger partial charge in [-0.25, -0.2) is 4.07 Å². The van der Waals surface area contributed by atoms with Crippen molar-refractivity contribution < 1.29 is 0 Å². The summed E-state index contributed by atoms with van der Waals surface area (Å²) in [6.07, 6.45) is 0.968. The fraction of sp³-hybridized carbons (Fsp3) is 0.222. The molecule has 0 aliphatic heterocycles. The molecule has 1 aromatic carbocycles. The molecule has 1 heterocycles. The molecule has 62 valence electrons. The Kier molecular flexibility index (Phi) is 1.96. The first-order valence-corrected chi connectivity index (χ1v) is 4.65. The number of aryl methyl sites for hydroxylation is 1. The van der Waals surface area contributed by atoms with Gasteiger partial charge in [-0.05, 0) is 17.1 Å². The smallest absolute Gasteiger partial charge is 0.137 e. The van der Waals surface area contributed by atoms with Crippen molar-refractivity contribution in [2.45, 2.75) is 6.42 Å². The van der Waals surface area contributed by atoms with Gasteiger partial charge in [0.2, 0.25) is 0 Å². The van der Waals surface area contributed by atoms with Crippen molar-refractivity contribution in [1.29, 1.82) is 0 Å². The number of benzene rings is 1. The predicted molar refractivity (Wildman–Crippen MR) is 50.3 cm³/mol. The minimum absolute atomic E-state index is 0.968. The van der Waals surface area contributed by atoms with Crippen molar-refractivity contribution in [3.63, 3.8) is 0 Å². The minimum Gasteiger partial charge on any atom is -0.220 e. The SMILES string of the molecule is Cn1nc(Cc2ccccc2)s1. The molecular weight excluding hydrogens is 168 g/mol. The molecule has 12 heavy (non-hydrogen) atoms. The zero-order valence-corrected chi connectivity index (χ0v) is 7.71. The van der Waals surface area contributed by atoms with Crippen LogP contribution in [0.2, 0.25) is 0 Å². The summed E-state index contributed by atoms with van der Waals surface area (Å²) in [5, 5.41) is 5.43. The van der Waals surface area contributed by atoms with Crippen molar-refractivity contribution in [2.75, 3.05) is 0 Å². The minimum atomic E-state index is 0.968. The van der Waals surface area contributed by atoms with Gasteiger partial charge in [0.05, 0.1) is 0 Å². The summed E-state index contributed by atoms with van der Waals surface area (Å²) in [5.74, 6) is 0. The van der Waals surface area contributed by atoms with E-state index in [9.17, 15) is 0 Å². The molecule has 0 unspecified atom stereocenters. The van der Waals surface area contributed by atoms with Crippen molar-refractivity contribution >= 4 is 11.5 Å². The average molecular weight is 178 g/mol. The quantitative estimate of drug-likeness (QED) is 0.688. The van der Waals surface area contributed by atoms with Gasteiger partial charge in [0.25, 0.3) is 0 Å². The van der Waals surface area contributed by atoms with Gasteiger partial charge < -0.3 is 0 Å². The number of rotatable bonds is 2. The van der Waals surface area contributed by atoms with Crippen LogP contribution in [0.3, 0.4) is 0 Å². The Morgan fingerprint density at radius 2 is 2.00 bits per heavy atom.